The molecule has 1 saturated heterocycles. The zero-order valence-electron chi connectivity index (χ0n) is 32.7. The molecule has 4 aliphatic rings. The molecule has 302 valence electrons. The van der Waals surface area contributed by atoms with Gasteiger partial charge in [0.05, 0.1) is 23.8 Å². The fourth-order valence-electron chi connectivity index (χ4n) is 8.09. The van der Waals surface area contributed by atoms with Gasteiger partial charge in [-0.05, 0) is 96.1 Å². The molecule has 3 saturated carbocycles. The van der Waals surface area contributed by atoms with Crippen LogP contribution in [0.3, 0.4) is 0 Å². The summed E-state index contributed by atoms with van der Waals surface area (Å²) in [4.78, 5) is 65.7. The second kappa shape index (κ2) is 20.2. The van der Waals surface area contributed by atoms with Crippen molar-refractivity contribution >= 4 is 36.7 Å². The molecule has 2 bridgehead atoms. The number of nitrogens with two attached hydrogens (primary N) is 3. The van der Waals surface area contributed by atoms with E-state index in [1.165, 1.54) is 6.92 Å². The Morgan fingerprint density at radius 2 is 1.45 bits per heavy atom. The number of amides is 5. The molecule has 4 fully saturated rings. The van der Waals surface area contributed by atoms with Gasteiger partial charge in [0.25, 0.3) is 5.91 Å². The summed E-state index contributed by atoms with van der Waals surface area (Å²) in [5.41, 5.74) is 17.1. The van der Waals surface area contributed by atoms with Crippen LogP contribution in [0.5, 0.6) is 0 Å². The highest BCUT2D eigenvalue weighted by atomic mass is 16.7. The molecule has 17 heteroatoms. The Morgan fingerprint density at radius 3 is 2.08 bits per heavy atom. The van der Waals surface area contributed by atoms with Crippen LogP contribution in [0.15, 0.2) is 0 Å². The molecular weight excluding hydrogens is 683 g/mol. The van der Waals surface area contributed by atoms with E-state index in [1.54, 1.807) is 6.92 Å². The number of unbranched alkanes of at least 4 members (excludes halogenated alkanes) is 5. The summed E-state index contributed by atoms with van der Waals surface area (Å²) < 4.78 is 12.8. The zero-order chi connectivity index (χ0) is 39.5. The van der Waals surface area contributed by atoms with Gasteiger partial charge in [0.15, 0.2) is 6.17 Å². The Kier molecular flexibility index (Phi) is 17.0. The van der Waals surface area contributed by atoms with Gasteiger partial charge in [-0.1, -0.05) is 46.5 Å². The van der Waals surface area contributed by atoms with Crippen molar-refractivity contribution in [2.45, 2.75) is 167 Å². The second-order valence-electron chi connectivity index (χ2n) is 16.1. The smallest absolute Gasteiger partial charge is 0.404 e. The van der Waals surface area contributed by atoms with E-state index in [9.17, 15) is 29.1 Å². The van der Waals surface area contributed by atoms with Crippen LogP contribution in [0.1, 0.15) is 119 Å². The van der Waals surface area contributed by atoms with Gasteiger partial charge in [-0.3, -0.25) is 24.0 Å². The fraction of sp³-hybridized carbons (Fsp3) is 0.861. The molecule has 0 aromatic carbocycles. The lowest BCUT2D eigenvalue weighted by atomic mass is 9.43. The summed E-state index contributed by atoms with van der Waals surface area (Å²) in [6.07, 6.45) is 5.45. The average Bonchev–Trinajstić information content (AvgIpc) is 3.47. The zero-order valence-corrected chi connectivity index (χ0v) is 32.7. The van der Waals surface area contributed by atoms with Crippen molar-refractivity contribution in [1.82, 2.24) is 26.6 Å². The van der Waals surface area contributed by atoms with Gasteiger partial charge in [0.1, 0.15) is 18.1 Å². The number of rotatable bonds is 23. The van der Waals surface area contributed by atoms with Gasteiger partial charge in [-0.2, -0.15) is 0 Å². The molecule has 5 amide bonds. The molecule has 3 aliphatic carbocycles. The summed E-state index contributed by atoms with van der Waals surface area (Å²) in [5.74, 6) is -2.89. The van der Waals surface area contributed by atoms with Crippen molar-refractivity contribution in [3.05, 3.63) is 0 Å². The van der Waals surface area contributed by atoms with E-state index in [2.05, 4.69) is 54.3 Å². The van der Waals surface area contributed by atoms with E-state index in [1.807, 2.05) is 0 Å². The number of hydrogen-bond acceptors (Lipinski definition) is 11. The van der Waals surface area contributed by atoms with E-state index in [0.717, 1.165) is 38.5 Å². The first-order chi connectivity index (χ1) is 25.0. The number of carbonyl (C=O) groups is 5. The number of aliphatic hydroxyl groups is 1. The molecule has 0 aromatic heterocycles. The summed E-state index contributed by atoms with van der Waals surface area (Å²) >= 11 is 0. The Hall–Kier alpha value is -2.83. The molecule has 0 unspecified atom stereocenters. The third-order valence-electron chi connectivity index (χ3n) is 11.6. The van der Waals surface area contributed by atoms with Crippen LogP contribution in [-0.4, -0.2) is 103 Å². The summed E-state index contributed by atoms with van der Waals surface area (Å²) in [6.45, 7) is 12.3. The first-order valence-corrected chi connectivity index (χ1v) is 19.7. The van der Waals surface area contributed by atoms with Gasteiger partial charge in [0.2, 0.25) is 23.6 Å². The minimum absolute atomic E-state index is 0.0593. The first-order valence-electron chi connectivity index (χ1n) is 19.7. The Bertz CT molecular complexity index is 1260. The highest BCUT2D eigenvalue weighted by Crippen LogP contribution is 2.65. The lowest BCUT2D eigenvalue weighted by Gasteiger charge is -2.64. The first kappa shape index (κ1) is 44.6. The Morgan fingerprint density at radius 1 is 0.792 bits per heavy atom. The van der Waals surface area contributed by atoms with Crippen LogP contribution >= 0.6 is 0 Å². The van der Waals surface area contributed by atoms with Crippen LogP contribution in [0.4, 0.5) is 0 Å². The molecule has 0 radical (unpaired) electrons. The maximum absolute atomic E-state index is 13.6. The van der Waals surface area contributed by atoms with Crippen molar-refractivity contribution in [2.24, 2.45) is 34.5 Å². The number of nitrogens with one attached hydrogen (secondary N) is 5. The quantitative estimate of drug-likeness (QED) is 0.0376. The molecule has 53 heavy (non-hydrogen) atoms. The second-order valence-corrected chi connectivity index (χ2v) is 16.1. The molecule has 0 spiro atoms. The van der Waals surface area contributed by atoms with Crippen LogP contribution in [0.25, 0.3) is 0 Å². The topological polar surface area (TPSA) is 262 Å². The lowest BCUT2D eigenvalue weighted by Crippen LogP contribution is -2.65. The van der Waals surface area contributed by atoms with Crippen LogP contribution in [0, 0.1) is 17.3 Å². The van der Waals surface area contributed by atoms with Gasteiger partial charge >= 0.3 is 7.12 Å². The van der Waals surface area contributed by atoms with Gasteiger partial charge in [-0.15, -0.1) is 0 Å². The lowest BCUT2D eigenvalue weighted by molar-refractivity contribution is -0.199. The van der Waals surface area contributed by atoms with Crippen LogP contribution < -0.4 is 43.8 Å². The number of carbonyl (C=O) groups excluding carboxylic acids is 5. The normalized spacial score (nSPS) is 26.1. The largest absolute Gasteiger partial charge is 0.481 e. The molecule has 4 rings (SSSR count). The average molecular weight is 751 g/mol. The van der Waals surface area contributed by atoms with E-state index in [-0.39, 0.29) is 43.2 Å². The molecular formula is C36H67BN8O8. The van der Waals surface area contributed by atoms with Gasteiger partial charge in [0, 0.05) is 6.42 Å². The predicted molar refractivity (Wildman–Crippen MR) is 201 cm³/mol. The molecule has 10 atom stereocenters. The van der Waals surface area contributed by atoms with E-state index in [0.29, 0.717) is 37.6 Å². The third-order valence-corrected chi connectivity index (χ3v) is 11.6. The third kappa shape index (κ3) is 11.6. The van der Waals surface area contributed by atoms with Gasteiger partial charge in [-0.25, -0.2) is 0 Å². The monoisotopic (exact) mass is 751 g/mol. The van der Waals surface area contributed by atoms with Crippen molar-refractivity contribution in [2.75, 3.05) is 13.1 Å². The Balaban J connectivity index is 1.57. The maximum atomic E-state index is 13.6. The van der Waals surface area contributed by atoms with Crippen LogP contribution in [0.2, 0.25) is 0 Å². The fourth-order valence-corrected chi connectivity index (χ4v) is 8.09. The van der Waals surface area contributed by atoms with E-state index < -0.39 is 72.7 Å². The maximum Gasteiger partial charge on any atom is 0.481 e. The minimum atomic E-state index is -1.63. The highest BCUT2D eigenvalue weighted by Gasteiger charge is 2.68. The van der Waals surface area contributed by atoms with Crippen LogP contribution in [-0.2, 0) is 33.3 Å². The number of hydrogen-bond donors (Lipinski definition) is 9. The molecule has 0 aromatic rings. The molecule has 1 aliphatic heterocycles. The minimum Gasteiger partial charge on any atom is -0.404 e. The van der Waals surface area contributed by atoms with E-state index >= 15 is 0 Å². The highest BCUT2D eigenvalue weighted by molar-refractivity contribution is 6.47. The standard InChI is InChI=1S/C36H67BN8O8/c1-7-8-9-10-11-15-28(47)42-25(16-18-39)32(49)44-29(21(2)46)33(50)45-30(40)34(51)43-24(14-12-13-17-38)31(48)41-22(3)37-52-27-20-23-19-26(35(23,4)5)36(27,6)53-37/h21-27,29-30,46H,7-20,38-40H2,1-6H3,(H,41,48)(H,42,47)(H,43,51)(H,44,49)(H,45,50)/t21-,22+,23+,24+,25+,26+,27-,29+,30-,36+/m1/s1. The van der Waals surface area contributed by atoms with Gasteiger partial charge < -0.3 is 58.2 Å². The number of aliphatic hydroxyl groups excluding tert-OH is 1. The summed E-state index contributed by atoms with van der Waals surface area (Å²) in [5, 5.41) is 23.4. The van der Waals surface area contributed by atoms with Crippen molar-refractivity contribution in [3.8, 4) is 0 Å². The SMILES string of the molecule is CCCCCCCC(=O)N[C@@H](CCN)C(=O)N[C@H](C(=O)N[C@@H](N)C(=O)N[C@@H](CCCCN)C(=O)N[C@@H](C)B1O[C@@H]2C[C@@H]3C[C@@H](C3(C)C)[C@]2(C)O1)[C@@H](C)O. The molecule has 1 heterocycles. The summed E-state index contributed by atoms with van der Waals surface area (Å²) in [7, 11) is -0.660. The Labute approximate surface area is 315 Å². The predicted octanol–water partition coefficient (Wildman–Crippen LogP) is -0.167. The molecule has 12 N–H and O–H groups in total. The van der Waals surface area contributed by atoms with E-state index in [4.69, 9.17) is 26.5 Å². The van der Waals surface area contributed by atoms with Crippen molar-refractivity contribution < 1.29 is 38.4 Å². The summed E-state index contributed by atoms with van der Waals surface area (Å²) in [6, 6.07) is -3.55. The van der Waals surface area contributed by atoms with Crippen molar-refractivity contribution in [3.63, 3.8) is 0 Å². The molecule has 16 nitrogen and oxygen atoms in total. The van der Waals surface area contributed by atoms with Crippen molar-refractivity contribution in [1.29, 1.82) is 0 Å².